The Morgan fingerprint density at radius 1 is 0.962 bits per heavy atom. The summed E-state index contributed by atoms with van der Waals surface area (Å²) in [6.45, 7) is 0.213. The minimum atomic E-state index is -0.384. The van der Waals surface area contributed by atoms with Crippen molar-refractivity contribution in [1.82, 2.24) is 24.8 Å². The second-order valence-electron chi connectivity index (χ2n) is 5.41. The van der Waals surface area contributed by atoms with Gasteiger partial charge < -0.3 is 0 Å². The first kappa shape index (κ1) is 17.0. The molecule has 0 atom stereocenters. The van der Waals surface area contributed by atoms with Gasteiger partial charge in [0.2, 0.25) is 0 Å². The van der Waals surface area contributed by atoms with Gasteiger partial charge in [-0.15, -0.1) is 11.3 Å². The van der Waals surface area contributed by atoms with Crippen LogP contribution in [0.25, 0.3) is 16.3 Å². The van der Waals surface area contributed by atoms with Crippen LogP contribution < -0.4 is 5.69 Å². The Hall–Kier alpha value is -2.48. The standard InChI is InChI=1S/C17H11Cl2N5OS/c18-13-6-2-1-5-12(13)16-20-11(10-26-16)9-23-17(25)24(22-21-23)15-8-4-3-7-14(15)19/h1-8,10H,9H2. The lowest BCUT2D eigenvalue weighted by Gasteiger charge is -2.00. The molecule has 2 aromatic carbocycles. The van der Waals surface area contributed by atoms with E-state index in [0.29, 0.717) is 21.4 Å². The van der Waals surface area contributed by atoms with Crippen LogP contribution in [-0.4, -0.2) is 24.8 Å². The zero-order valence-corrected chi connectivity index (χ0v) is 15.5. The molecule has 0 fully saturated rings. The molecule has 0 radical (unpaired) electrons. The second kappa shape index (κ2) is 7.03. The SMILES string of the molecule is O=c1n(Cc2csc(-c3ccccc3Cl)n2)nnn1-c1ccccc1Cl. The minimum Gasteiger partial charge on any atom is -0.244 e. The average Bonchev–Trinajstić information content (AvgIpc) is 3.24. The van der Waals surface area contributed by atoms with Crippen molar-refractivity contribution in [2.24, 2.45) is 0 Å². The molecule has 0 saturated carbocycles. The number of nitrogens with zero attached hydrogens (tertiary/aromatic N) is 5. The highest BCUT2D eigenvalue weighted by atomic mass is 35.5. The van der Waals surface area contributed by atoms with Gasteiger partial charge in [-0.25, -0.2) is 9.78 Å². The maximum absolute atomic E-state index is 12.6. The molecule has 4 rings (SSSR count). The molecule has 2 heterocycles. The monoisotopic (exact) mass is 403 g/mol. The fourth-order valence-electron chi connectivity index (χ4n) is 2.44. The van der Waals surface area contributed by atoms with Crippen molar-refractivity contribution in [3.63, 3.8) is 0 Å². The first-order chi connectivity index (χ1) is 12.6. The van der Waals surface area contributed by atoms with Gasteiger partial charge in [0.25, 0.3) is 0 Å². The van der Waals surface area contributed by atoms with Gasteiger partial charge in [0.15, 0.2) is 0 Å². The quantitative estimate of drug-likeness (QED) is 0.518. The van der Waals surface area contributed by atoms with E-state index < -0.39 is 0 Å². The molecule has 26 heavy (non-hydrogen) atoms. The molecule has 0 N–H and O–H groups in total. The Balaban J connectivity index is 1.63. The number of hydrogen-bond acceptors (Lipinski definition) is 5. The van der Waals surface area contributed by atoms with E-state index in [0.717, 1.165) is 10.6 Å². The van der Waals surface area contributed by atoms with E-state index in [1.165, 1.54) is 20.7 Å². The molecular formula is C17H11Cl2N5OS. The highest BCUT2D eigenvalue weighted by molar-refractivity contribution is 7.13. The normalized spacial score (nSPS) is 11.0. The van der Waals surface area contributed by atoms with E-state index in [-0.39, 0.29) is 12.2 Å². The Kier molecular flexibility index (Phi) is 4.58. The van der Waals surface area contributed by atoms with Crippen LogP contribution in [0.4, 0.5) is 0 Å². The molecule has 0 unspecified atom stereocenters. The van der Waals surface area contributed by atoms with E-state index in [2.05, 4.69) is 15.4 Å². The summed E-state index contributed by atoms with van der Waals surface area (Å²) >= 11 is 13.8. The first-order valence-corrected chi connectivity index (χ1v) is 9.24. The molecule has 9 heteroatoms. The molecule has 4 aromatic rings. The molecular weight excluding hydrogens is 393 g/mol. The zero-order valence-electron chi connectivity index (χ0n) is 13.2. The molecule has 0 aliphatic heterocycles. The van der Waals surface area contributed by atoms with Crippen molar-refractivity contribution >= 4 is 34.5 Å². The van der Waals surface area contributed by atoms with Crippen molar-refractivity contribution in [1.29, 1.82) is 0 Å². The molecule has 0 aliphatic rings. The van der Waals surface area contributed by atoms with Gasteiger partial charge >= 0.3 is 5.69 Å². The molecule has 2 aromatic heterocycles. The van der Waals surface area contributed by atoms with Crippen molar-refractivity contribution in [2.45, 2.75) is 6.54 Å². The lowest BCUT2D eigenvalue weighted by Crippen LogP contribution is -2.25. The van der Waals surface area contributed by atoms with Crippen molar-refractivity contribution in [3.8, 4) is 16.3 Å². The van der Waals surface area contributed by atoms with E-state index in [9.17, 15) is 4.79 Å². The van der Waals surface area contributed by atoms with Gasteiger partial charge in [-0.1, -0.05) is 53.5 Å². The van der Waals surface area contributed by atoms with Gasteiger partial charge in [0, 0.05) is 10.9 Å². The largest absolute Gasteiger partial charge is 0.368 e. The predicted octanol–water partition coefficient (Wildman–Crippen LogP) is 3.91. The van der Waals surface area contributed by atoms with Crippen LogP contribution in [0.15, 0.2) is 58.7 Å². The molecule has 0 bridgehead atoms. The summed E-state index contributed by atoms with van der Waals surface area (Å²) in [6, 6.07) is 14.5. The Morgan fingerprint density at radius 2 is 1.69 bits per heavy atom. The molecule has 130 valence electrons. The van der Waals surface area contributed by atoms with E-state index in [4.69, 9.17) is 23.2 Å². The van der Waals surface area contributed by atoms with Crippen LogP contribution in [0.2, 0.25) is 10.0 Å². The number of rotatable bonds is 4. The molecule has 0 aliphatic carbocycles. The molecule has 6 nitrogen and oxygen atoms in total. The summed E-state index contributed by atoms with van der Waals surface area (Å²) in [7, 11) is 0. The number of thiazole rings is 1. The second-order valence-corrected chi connectivity index (χ2v) is 7.08. The Labute approximate surface area is 162 Å². The smallest absolute Gasteiger partial charge is 0.244 e. The van der Waals surface area contributed by atoms with Crippen LogP contribution in [0, 0.1) is 0 Å². The third kappa shape index (κ3) is 3.16. The van der Waals surface area contributed by atoms with E-state index in [1.807, 2.05) is 29.6 Å². The average molecular weight is 404 g/mol. The van der Waals surface area contributed by atoms with Gasteiger partial charge in [0.05, 0.1) is 28.0 Å². The van der Waals surface area contributed by atoms with Gasteiger partial charge in [-0.3, -0.25) is 0 Å². The lowest BCUT2D eigenvalue weighted by molar-refractivity contribution is 0.624. The van der Waals surface area contributed by atoms with Gasteiger partial charge in [-0.05, 0) is 28.6 Å². The highest BCUT2D eigenvalue weighted by Crippen LogP contribution is 2.30. The number of halogens is 2. The number of tetrazole rings is 1. The third-order valence-electron chi connectivity index (χ3n) is 3.69. The van der Waals surface area contributed by atoms with E-state index >= 15 is 0 Å². The Morgan fingerprint density at radius 3 is 2.46 bits per heavy atom. The van der Waals surface area contributed by atoms with Crippen LogP contribution >= 0.6 is 34.5 Å². The maximum atomic E-state index is 12.6. The number of benzene rings is 2. The lowest BCUT2D eigenvalue weighted by atomic mass is 10.2. The van der Waals surface area contributed by atoms with Gasteiger partial charge in [-0.2, -0.15) is 9.36 Å². The Bertz CT molecular complexity index is 1130. The minimum absolute atomic E-state index is 0.213. The molecule has 0 saturated heterocycles. The summed E-state index contributed by atoms with van der Waals surface area (Å²) < 4.78 is 2.42. The third-order valence-corrected chi connectivity index (χ3v) is 5.26. The van der Waals surface area contributed by atoms with Crippen LogP contribution in [-0.2, 0) is 6.54 Å². The van der Waals surface area contributed by atoms with Crippen LogP contribution in [0.5, 0.6) is 0 Å². The highest BCUT2D eigenvalue weighted by Gasteiger charge is 2.14. The molecule has 0 amide bonds. The zero-order chi connectivity index (χ0) is 18.1. The van der Waals surface area contributed by atoms with Gasteiger partial charge in [0.1, 0.15) is 5.01 Å². The van der Waals surface area contributed by atoms with Crippen molar-refractivity contribution in [3.05, 3.63) is 80.1 Å². The number of aromatic nitrogens is 5. The summed E-state index contributed by atoms with van der Waals surface area (Å²) in [5, 5.41) is 11.6. The van der Waals surface area contributed by atoms with Crippen molar-refractivity contribution < 1.29 is 0 Å². The predicted molar refractivity (Wildman–Crippen MR) is 102 cm³/mol. The summed E-state index contributed by atoms with van der Waals surface area (Å²) in [5.41, 5.74) is 1.67. The topological polar surface area (TPSA) is 65.6 Å². The van der Waals surface area contributed by atoms with Crippen LogP contribution in [0.3, 0.4) is 0 Å². The fourth-order valence-corrected chi connectivity index (χ4v) is 3.79. The first-order valence-electron chi connectivity index (χ1n) is 7.60. The summed E-state index contributed by atoms with van der Waals surface area (Å²) in [5.74, 6) is 0. The van der Waals surface area contributed by atoms with Crippen LogP contribution in [0.1, 0.15) is 5.69 Å². The number of para-hydroxylation sites is 1. The summed E-state index contributed by atoms with van der Waals surface area (Å²) in [6.07, 6.45) is 0. The molecule has 0 spiro atoms. The number of hydrogen-bond donors (Lipinski definition) is 0. The maximum Gasteiger partial charge on any atom is 0.368 e. The van der Waals surface area contributed by atoms with Crippen molar-refractivity contribution in [2.75, 3.05) is 0 Å². The summed E-state index contributed by atoms with van der Waals surface area (Å²) in [4.78, 5) is 17.1. The van der Waals surface area contributed by atoms with E-state index in [1.54, 1.807) is 24.3 Å². The fraction of sp³-hybridized carbons (Fsp3) is 0.0588.